The number of oxazole rings is 1. The molecule has 148 valence electrons. The molecule has 2 N–H and O–H groups in total. The number of carbonyl (C=O) groups excluding carboxylic acids is 1. The van der Waals surface area contributed by atoms with Gasteiger partial charge in [-0.3, -0.25) is 4.79 Å². The van der Waals surface area contributed by atoms with Crippen LogP contribution in [0.3, 0.4) is 0 Å². The third-order valence-electron chi connectivity index (χ3n) is 4.76. The summed E-state index contributed by atoms with van der Waals surface area (Å²) in [5, 5.41) is 12.9. The van der Waals surface area contributed by atoms with Crippen molar-refractivity contribution in [3.63, 3.8) is 0 Å². The standard InChI is InChI=1S/C21H19N3O5/c1-2-12-10-18(25)23-24-20(12)14-5-8-16-17(9-14)29-21(22-16)13-3-6-15(7-4-13)28-11-19(26)27/h3-9,12H,2,10-11H2,1H3,(H,23,25)(H,26,27). The van der Waals surface area contributed by atoms with E-state index in [0.29, 0.717) is 29.2 Å². The van der Waals surface area contributed by atoms with Crippen LogP contribution in [0.2, 0.25) is 0 Å². The zero-order valence-corrected chi connectivity index (χ0v) is 15.7. The Labute approximate surface area is 166 Å². The Hall–Kier alpha value is -3.68. The van der Waals surface area contributed by atoms with Crippen molar-refractivity contribution in [2.24, 2.45) is 11.0 Å². The number of carboxylic acids is 1. The second-order valence-electron chi connectivity index (χ2n) is 6.75. The van der Waals surface area contributed by atoms with Crippen LogP contribution in [-0.4, -0.2) is 34.3 Å². The van der Waals surface area contributed by atoms with E-state index in [-0.39, 0.29) is 11.8 Å². The zero-order valence-electron chi connectivity index (χ0n) is 15.7. The Kier molecular flexibility index (Phi) is 4.99. The van der Waals surface area contributed by atoms with Crippen molar-refractivity contribution >= 4 is 28.7 Å². The number of ether oxygens (including phenoxy) is 1. The van der Waals surface area contributed by atoms with Gasteiger partial charge in [-0.1, -0.05) is 13.0 Å². The van der Waals surface area contributed by atoms with E-state index in [1.165, 1.54) is 0 Å². The molecule has 1 aliphatic rings. The van der Waals surface area contributed by atoms with Crippen LogP contribution >= 0.6 is 0 Å². The van der Waals surface area contributed by atoms with Crippen LogP contribution in [0, 0.1) is 5.92 Å². The smallest absolute Gasteiger partial charge is 0.341 e. The molecule has 2 aromatic carbocycles. The Bertz CT molecular complexity index is 1100. The van der Waals surface area contributed by atoms with Crippen LogP contribution < -0.4 is 10.2 Å². The first-order valence-electron chi connectivity index (χ1n) is 9.26. The third kappa shape index (κ3) is 3.96. The third-order valence-corrected chi connectivity index (χ3v) is 4.76. The van der Waals surface area contributed by atoms with Gasteiger partial charge in [-0.25, -0.2) is 15.2 Å². The van der Waals surface area contributed by atoms with E-state index in [1.54, 1.807) is 24.3 Å². The molecule has 0 bridgehead atoms. The number of aromatic nitrogens is 1. The molecule has 1 unspecified atom stereocenters. The summed E-state index contributed by atoms with van der Waals surface area (Å²) in [7, 11) is 0. The highest BCUT2D eigenvalue weighted by molar-refractivity contribution is 6.07. The molecule has 1 aliphatic heterocycles. The number of nitrogens with one attached hydrogen (secondary N) is 1. The number of hydrazone groups is 1. The average Bonchev–Trinajstić information content (AvgIpc) is 3.15. The highest BCUT2D eigenvalue weighted by Gasteiger charge is 2.24. The van der Waals surface area contributed by atoms with Crippen molar-refractivity contribution in [3.05, 3.63) is 48.0 Å². The molecule has 0 fully saturated rings. The lowest BCUT2D eigenvalue weighted by atomic mass is 9.90. The Morgan fingerprint density at radius 2 is 2.00 bits per heavy atom. The Morgan fingerprint density at radius 1 is 1.24 bits per heavy atom. The summed E-state index contributed by atoms with van der Waals surface area (Å²) >= 11 is 0. The molecule has 0 spiro atoms. The molecule has 0 aliphatic carbocycles. The summed E-state index contributed by atoms with van der Waals surface area (Å²) in [6.45, 7) is 1.64. The first-order valence-corrected chi connectivity index (χ1v) is 9.26. The summed E-state index contributed by atoms with van der Waals surface area (Å²) in [6, 6.07) is 12.5. The molecule has 3 aromatic rings. The lowest BCUT2D eigenvalue weighted by molar-refractivity contribution is -0.139. The van der Waals surface area contributed by atoms with E-state index < -0.39 is 12.6 Å². The van der Waals surface area contributed by atoms with Gasteiger partial charge in [0.15, 0.2) is 12.2 Å². The van der Waals surface area contributed by atoms with Crippen molar-refractivity contribution in [1.29, 1.82) is 0 Å². The number of carbonyl (C=O) groups is 2. The largest absolute Gasteiger partial charge is 0.482 e. The number of rotatable bonds is 6. The quantitative estimate of drug-likeness (QED) is 0.665. The molecule has 0 radical (unpaired) electrons. The van der Waals surface area contributed by atoms with Gasteiger partial charge in [0.05, 0.1) is 5.71 Å². The maximum absolute atomic E-state index is 11.6. The van der Waals surface area contributed by atoms with Gasteiger partial charge in [0, 0.05) is 23.5 Å². The van der Waals surface area contributed by atoms with Gasteiger partial charge in [-0.05, 0) is 42.8 Å². The maximum Gasteiger partial charge on any atom is 0.341 e. The Balaban J connectivity index is 1.60. The van der Waals surface area contributed by atoms with Gasteiger partial charge in [0.2, 0.25) is 11.8 Å². The lowest BCUT2D eigenvalue weighted by Gasteiger charge is -2.21. The first kappa shape index (κ1) is 18.7. The molecular formula is C21H19N3O5. The van der Waals surface area contributed by atoms with Gasteiger partial charge in [0.25, 0.3) is 0 Å². The minimum atomic E-state index is -1.03. The molecule has 0 saturated heterocycles. The second-order valence-corrected chi connectivity index (χ2v) is 6.75. The first-order chi connectivity index (χ1) is 14.0. The molecule has 8 heteroatoms. The fourth-order valence-corrected chi connectivity index (χ4v) is 3.26. The predicted molar refractivity (Wildman–Crippen MR) is 106 cm³/mol. The van der Waals surface area contributed by atoms with Crippen molar-refractivity contribution in [3.8, 4) is 17.2 Å². The monoisotopic (exact) mass is 393 g/mol. The summed E-state index contributed by atoms with van der Waals surface area (Å²) in [5.41, 5.74) is 6.37. The van der Waals surface area contributed by atoms with Gasteiger partial charge in [0.1, 0.15) is 11.3 Å². The minimum Gasteiger partial charge on any atom is -0.482 e. The fraction of sp³-hybridized carbons (Fsp3) is 0.238. The molecule has 4 rings (SSSR count). The van der Waals surface area contributed by atoms with E-state index in [4.69, 9.17) is 14.3 Å². The molecule has 8 nitrogen and oxygen atoms in total. The zero-order chi connectivity index (χ0) is 20.4. The number of fused-ring (bicyclic) bond motifs is 1. The second kappa shape index (κ2) is 7.75. The summed E-state index contributed by atoms with van der Waals surface area (Å²) < 4.78 is 11.1. The van der Waals surface area contributed by atoms with Gasteiger partial charge in [-0.2, -0.15) is 5.10 Å². The molecule has 1 aromatic heterocycles. The van der Waals surface area contributed by atoms with Crippen molar-refractivity contribution < 1.29 is 23.8 Å². The molecule has 2 heterocycles. The number of carboxylic acid groups (broad SMARTS) is 1. The van der Waals surface area contributed by atoms with E-state index in [9.17, 15) is 9.59 Å². The van der Waals surface area contributed by atoms with Crippen LogP contribution in [0.15, 0.2) is 52.0 Å². The number of amides is 1. The van der Waals surface area contributed by atoms with E-state index >= 15 is 0 Å². The van der Waals surface area contributed by atoms with E-state index in [1.807, 2.05) is 25.1 Å². The number of aliphatic carboxylic acids is 1. The summed E-state index contributed by atoms with van der Waals surface area (Å²) in [6.07, 6.45) is 1.24. The van der Waals surface area contributed by atoms with Crippen LogP contribution in [0.4, 0.5) is 0 Å². The Morgan fingerprint density at radius 3 is 2.72 bits per heavy atom. The van der Waals surface area contributed by atoms with Crippen molar-refractivity contribution in [1.82, 2.24) is 10.4 Å². The molecular weight excluding hydrogens is 374 g/mol. The fourth-order valence-electron chi connectivity index (χ4n) is 3.26. The van der Waals surface area contributed by atoms with Crippen LogP contribution in [-0.2, 0) is 9.59 Å². The summed E-state index contributed by atoms with van der Waals surface area (Å²) in [4.78, 5) is 26.7. The number of nitrogens with zero attached hydrogens (tertiary/aromatic N) is 2. The topological polar surface area (TPSA) is 114 Å². The van der Waals surface area contributed by atoms with Gasteiger partial charge < -0.3 is 14.3 Å². The normalized spacial score (nSPS) is 16.4. The average molecular weight is 393 g/mol. The van der Waals surface area contributed by atoms with Crippen LogP contribution in [0.1, 0.15) is 25.3 Å². The highest BCUT2D eigenvalue weighted by Crippen LogP contribution is 2.28. The molecule has 0 saturated carbocycles. The number of hydrogen-bond acceptors (Lipinski definition) is 6. The lowest BCUT2D eigenvalue weighted by Crippen LogP contribution is -2.33. The van der Waals surface area contributed by atoms with E-state index in [0.717, 1.165) is 23.3 Å². The predicted octanol–water partition coefficient (Wildman–Crippen LogP) is 3.21. The van der Waals surface area contributed by atoms with Crippen molar-refractivity contribution in [2.45, 2.75) is 19.8 Å². The summed E-state index contributed by atoms with van der Waals surface area (Å²) in [5.74, 6) is -0.122. The molecule has 1 amide bonds. The SMILES string of the molecule is CCC1CC(=O)NN=C1c1ccc2nc(-c3ccc(OCC(=O)O)cc3)oc2c1. The number of benzene rings is 2. The van der Waals surface area contributed by atoms with E-state index in [2.05, 4.69) is 15.5 Å². The molecule has 1 atom stereocenters. The number of hydrogen-bond donors (Lipinski definition) is 2. The van der Waals surface area contributed by atoms with Gasteiger partial charge in [-0.15, -0.1) is 0 Å². The minimum absolute atomic E-state index is 0.0700. The van der Waals surface area contributed by atoms with Crippen LogP contribution in [0.25, 0.3) is 22.6 Å². The maximum atomic E-state index is 11.6. The van der Waals surface area contributed by atoms with Crippen molar-refractivity contribution in [2.75, 3.05) is 6.61 Å². The molecule has 29 heavy (non-hydrogen) atoms. The highest BCUT2D eigenvalue weighted by atomic mass is 16.5. The van der Waals surface area contributed by atoms with Crippen LogP contribution in [0.5, 0.6) is 5.75 Å². The van der Waals surface area contributed by atoms with Gasteiger partial charge >= 0.3 is 5.97 Å².